The van der Waals surface area contributed by atoms with E-state index >= 15 is 0 Å². The van der Waals surface area contributed by atoms with Gasteiger partial charge in [-0.3, -0.25) is 0 Å². The lowest BCUT2D eigenvalue weighted by Crippen LogP contribution is -2.56. The Bertz CT molecular complexity index is 337. The van der Waals surface area contributed by atoms with Gasteiger partial charge in [-0.1, -0.05) is 38.0 Å². The Morgan fingerprint density at radius 3 is 2.44 bits per heavy atom. The lowest BCUT2D eigenvalue weighted by atomic mass is 9.73. The lowest BCUT2D eigenvalue weighted by molar-refractivity contribution is 0.173. The van der Waals surface area contributed by atoms with E-state index in [0.29, 0.717) is 5.41 Å². The zero-order valence-corrected chi connectivity index (χ0v) is 12.4. The van der Waals surface area contributed by atoms with Crippen LogP contribution < -0.4 is 4.90 Å². The van der Waals surface area contributed by atoms with Gasteiger partial charge in [-0.25, -0.2) is 4.98 Å². The molecule has 1 aliphatic heterocycles. The van der Waals surface area contributed by atoms with E-state index in [0.717, 1.165) is 3.79 Å². The Hall–Kier alpha value is -0.0900. The first-order valence-corrected chi connectivity index (χ1v) is 7.66. The normalized spacial score (nSPS) is 18.6. The SMILES string of the molecule is CCCC1(CCC)CN(c2ncc(Br)s2)C1. The molecular formula is C12H19BrN2S. The summed E-state index contributed by atoms with van der Waals surface area (Å²) in [6, 6.07) is 0. The predicted octanol–water partition coefficient (Wildman–Crippen LogP) is 4.31. The molecule has 16 heavy (non-hydrogen) atoms. The van der Waals surface area contributed by atoms with E-state index in [9.17, 15) is 0 Å². The molecule has 0 amide bonds. The Morgan fingerprint density at radius 1 is 1.38 bits per heavy atom. The number of aromatic nitrogens is 1. The van der Waals surface area contributed by atoms with Gasteiger partial charge < -0.3 is 4.90 Å². The monoisotopic (exact) mass is 302 g/mol. The van der Waals surface area contributed by atoms with Crippen molar-refractivity contribution in [3.05, 3.63) is 9.98 Å². The molecule has 4 heteroatoms. The molecule has 0 aliphatic carbocycles. The van der Waals surface area contributed by atoms with Crippen molar-refractivity contribution in [2.45, 2.75) is 39.5 Å². The highest BCUT2D eigenvalue weighted by Gasteiger charge is 2.42. The maximum atomic E-state index is 4.42. The van der Waals surface area contributed by atoms with Gasteiger partial charge in [0, 0.05) is 18.5 Å². The standard InChI is InChI=1S/C12H19BrN2S/c1-3-5-12(6-4-2)8-15(9-12)11-14-7-10(13)16-11/h7H,3-6,8-9H2,1-2H3. The summed E-state index contributed by atoms with van der Waals surface area (Å²) in [6.45, 7) is 6.99. The summed E-state index contributed by atoms with van der Waals surface area (Å²) in [5, 5.41) is 1.18. The molecule has 90 valence electrons. The molecule has 0 N–H and O–H groups in total. The molecule has 2 rings (SSSR count). The summed E-state index contributed by atoms with van der Waals surface area (Å²) in [7, 11) is 0. The highest BCUT2D eigenvalue weighted by atomic mass is 79.9. The third-order valence-corrected chi connectivity index (χ3v) is 4.89. The fourth-order valence-corrected chi connectivity index (χ4v) is 3.97. The summed E-state index contributed by atoms with van der Waals surface area (Å²) in [5.74, 6) is 0. The van der Waals surface area contributed by atoms with Crippen molar-refractivity contribution in [1.29, 1.82) is 0 Å². The topological polar surface area (TPSA) is 16.1 Å². The van der Waals surface area contributed by atoms with Crippen molar-refractivity contribution in [3.8, 4) is 0 Å². The Morgan fingerprint density at radius 2 is 2.00 bits per heavy atom. The number of rotatable bonds is 5. The fourth-order valence-electron chi connectivity index (χ4n) is 2.79. The number of hydrogen-bond acceptors (Lipinski definition) is 3. The number of thiazole rings is 1. The zero-order chi connectivity index (χ0) is 11.6. The summed E-state index contributed by atoms with van der Waals surface area (Å²) < 4.78 is 1.13. The number of halogens is 1. The van der Waals surface area contributed by atoms with Crippen molar-refractivity contribution in [2.75, 3.05) is 18.0 Å². The van der Waals surface area contributed by atoms with E-state index in [1.54, 1.807) is 11.3 Å². The molecule has 0 radical (unpaired) electrons. The lowest BCUT2D eigenvalue weighted by Gasteiger charge is -2.50. The van der Waals surface area contributed by atoms with Crippen LogP contribution in [0.3, 0.4) is 0 Å². The second kappa shape index (κ2) is 5.05. The van der Waals surface area contributed by atoms with E-state index in [4.69, 9.17) is 0 Å². The quantitative estimate of drug-likeness (QED) is 0.805. The van der Waals surface area contributed by atoms with Gasteiger partial charge in [0.1, 0.15) is 0 Å². The zero-order valence-electron chi connectivity index (χ0n) is 10.0. The Kier molecular flexibility index (Phi) is 3.90. The molecular weight excluding hydrogens is 284 g/mol. The van der Waals surface area contributed by atoms with Crippen LogP contribution in [-0.4, -0.2) is 18.1 Å². The van der Waals surface area contributed by atoms with Crippen LogP contribution in [0.4, 0.5) is 5.13 Å². The van der Waals surface area contributed by atoms with E-state index in [2.05, 4.69) is 39.7 Å². The minimum atomic E-state index is 0.585. The molecule has 1 fully saturated rings. The van der Waals surface area contributed by atoms with Crippen LogP contribution in [-0.2, 0) is 0 Å². The van der Waals surface area contributed by atoms with Crippen LogP contribution in [0.1, 0.15) is 39.5 Å². The number of nitrogens with zero attached hydrogens (tertiary/aromatic N) is 2. The predicted molar refractivity (Wildman–Crippen MR) is 74.3 cm³/mol. The van der Waals surface area contributed by atoms with Gasteiger partial charge in [-0.05, 0) is 28.8 Å². The molecule has 0 saturated carbocycles. The maximum Gasteiger partial charge on any atom is 0.186 e. The van der Waals surface area contributed by atoms with Crippen LogP contribution >= 0.6 is 27.3 Å². The smallest absolute Gasteiger partial charge is 0.186 e. The van der Waals surface area contributed by atoms with Crippen LogP contribution in [0.5, 0.6) is 0 Å². The Balaban J connectivity index is 1.95. The van der Waals surface area contributed by atoms with Gasteiger partial charge >= 0.3 is 0 Å². The van der Waals surface area contributed by atoms with Crippen LogP contribution in [0.2, 0.25) is 0 Å². The van der Waals surface area contributed by atoms with Gasteiger partial charge in [-0.2, -0.15) is 0 Å². The van der Waals surface area contributed by atoms with Gasteiger partial charge in [0.05, 0.1) is 9.98 Å². The van der Waals surface area contributed by atoms with Crippen molar-refractivity contribution in [2.24, 2.45) is 5.41 Å². The first kappa shape index (κ1) is 12.4. The summed E-state index contributed by atoms with van der Waals surface area (Å²) >= 11 is 5.21. The summed E-state index contributed by atoms with van der Waals surface area (Å²) in [4.78, 5) is 6.84. The van der Waals surface area contributed by atoms with Crippen LogP contribution in [0, 0.1) is 5.41 Å². The highest BCUT2D eigenvalue weighted by molar-refractivity contribution is 9.11. The molecule has 0 unspecified atom stereocenters. The molecule has 1 aromatic heterocycles. The molecule has 1 saturated heterocycles. The van der Waals surface area contributed by atoms with Gasteiger partial charge in [0.15, 0.2) is 5.13 Å². The summed E-state index contributed by atoms with van der Waals surface area (Å²) in [6.07, 6.45) is 7.23. The van der Waals surface area contributed by atoms with E-state index < -0.39 is 0 Å². The second-order valence-corrected chi connectivity index (χ2v) is 7.19. The second-order valence-electron chi connectivity index (χ2n) is 4.80. The number of anilines is 1. The Labute approximate surface area is 110 Å². The minimum Gasteiger partial charge on any atom is -0.347 e. The first-order chi connectivity index (χ1) is 7.69. The average Bonchev–Trinajstić information content (AvgIpc) is 2.60. The van der Waals surface area contributed by atoms with Crippen LogP contribution in [0.25, 0.3) is 0 Å². The fraction of sp³-hybridized carbons (Fsp3) is 0.750. The third kappa shape index (κ3) is 2.43. The van der Waals surface area contributed by atoms with E-state index in [1.807, 2.05) is 6.20 Å². The molecule has 0 atom stereocenters. The molecule has 0 aromatic carbocycles. The average molecular weight is 303 g/mol. The van der Waals surface area contributed by atoms with Crippen molar-refractivity contribution < 1.29 is 0 Å². The molecule has 2 nitrogen and oxygen atoms in total. The molecule has 1 aromatic rings. The molecule has 1 aliphatic rings. The van der Waals surface area contributed by atoms with Gasteiger partial charge in [-0.15, -0.1) is 0 Å². The van der Waals surface area contributed by atoms with Crippen molar-refractivity contribution >= 4 is 32.4 Å². The first-order valence-electron chi connectivity index (χ1n) is 6.05. The van der Waals surface area contributed by atoms with Gasteiger partial charge in [0.25, 0.3) is 0 Å². The van der Waals surface area contributed by atoms with Gasteiger partial charge in [0.2, 0.25) is 0 Å². The minimum absolute atomic E-state index is 0.585. The molecule has 0 spiro atoms. The van der Waals surface area contributed by atoms with Crippen LogP contribution in [0.15, 0.2) is 9.98 Å². The van der Waals surface area contributed by atoms with Crippen molar-refractivity contribution in [3.63, 3.8) is 0 Å². The van der Waals surface area contributed by atoms with Crippen molar-refractivity contribution in [1.82, 2.24) is 4.98 Å². The number of hydrogen-bond donors (Lipinski definition) is 0. The summed E-state index contributed by atoms with van der Waals surface area (Å²) in [5.41, 5.74) is 0.585. The van der Waals surface area contributed by atoms with E-state index in [-0.39, 0.29) is 0 Å². The van der Waals surface area contributed by atoms with E-state index in [1.165, 1.54) is 43.9 Å². The third-order valence-electron chi connectivity index (χ3n) is 3.35. The largest absolute Gasteiger partial charge is 0.347 e. The maximum absolute atomic E-state index is 4.42. The highest BCUT2D eigenvalue weighted by Crippen LogP contribution is 2.43. The molecule has 0 bridgehead atoms. The molecule has 2 heterocycles.